The standard InChI is InChI=1S/C16H28N2O6S4/c1-15(5-9-27(19,20)11-15)17-13(25)23-7-3-4-8-24-14(26)18-16(2)6-10-28(21,22)12-16/h3-12H2,1-2H3,(H,17,25)(H,18,26). The lowest BCUT2D eigenvalue weighted by Gasteiger charge is -2.25. The Balaban J connectivity index is 1.56. The molecule has 2 aliphatic heterocycles. The minimum atomic E-state index is -3.01. The summed E-state index contributed by atoms with van der Waals surface area (Å²) in [5, 5.41) is 6.38. The number of hydrogen-bond acceptors (Lipinski definition) is 8. The van der Waals surface area contributed by atoms with Crippen molar-refractivity contribution >= 4 is 54.5 Å². The smallest absolute Gasteiger partial charge is 0.257 e. The Labute approximate surface area is 177 Å². The Morgan fingerprint density at radius 1 is 0.821 bits per heavy atom. The Hall–Kier alpha value is -0.720. The molecular weight excluding hydrogens is 444 g/mol. The Morgan fingerprint density at radius 3 is 1.46 bits per heavy atom. The van der Waals surface area contributed by atoms with E-state index in [0.717, 1.165) is 0 Å². The van der Waals surface area contributed by atoms with Gasteiger partial charge in [-0.05, 0) is 64.0 Å². The van der Waals surface area contributed by atoms with E-state index in [1.54, 1.807) is 0 Å². The van der Waals surface area contributed by atoms with Crippen molar-refractivity contribution < 1.29 is 26.3 Å². The van der Waals surface area contributed by atoms with Crippen molar-refractivity contribution in [2.24, 2.45) is 0 Å². The maximum absolute atomic E-state index is 11.6. The summed E-state index contributed by atoms with van der Waals surface area (Å²) in [5.74, 6) is 0.439. The molecule has 0 bridgehead atoms. The predicted octanol–water partition coefficient (Wildman–Crippen LogP) is 0.703. The van der Waals surface area contributed by atoms with E-state index in [0.29, 0.717) is 38.9 Å². The first-order valence-corrected chi connectivity index (χ1v) is 13.6. The molecule has 0 aromatic heterocycles. The zero-order valence-corrected chi connectivity index (χ0v) is 19.4. The Kier molecular flexibility index (Phi) is 7.54. The number of rotatable bonds is 7. The van der Waals surface area contributed by atoms with Crippen LogP contribution in [0.2, 0.25) is 0 Å². The summed E-state index contributed by atoms with van der Waals surface area (Å²) in [5.41, 5.74) is -1.14. The lowest BCUT2D eigenvalue weighted by Crippen LogP contribution is -2.47. The van der Waals surface area contributed by atoms with Gasteiger partial charge in [-0.3, -0.25) is 0 Å². The largest absolute Gasteiger partial charge is 0.471 e. The number of ether oxygens (including phenoxy) is 2. The molecule has 2 rings (SSSR count). The Morgan fingerprint density at radius 2 is 1.18 bits per heavy atom. The molecule has 2 N–H and O–H groups in total. The number of hydrogen-bond donors (Lipinski definition) is 2. The van der Waals surface area contributed by atoms with Gasteiger partial charge in [0, 0.05) is 0 Å². The van der Waals surface area contributed by atoms with Crippen LogP contribution in [-0.2, 0) is 29.1 Å². The van der Waals surface area contributed by atoms with Gasteiger partial charge in [-0.2, -0.15) is 0 Å². The van der Waals surface area contributed by atoms with Gasteiger partial charge in [0.05, 0.1) is 47.3 Å². The molecule has 0 saturated carbocycles. The number of thiocarbonyl (C=S) groups is 2. The van der Waals surface area contributed by atoms with Crippen molar-refractivity contribution in [1.82, 2.24) is 10.6 Å². The number of nitrogens with one attached hydrogen (secondary N) is 2. The van der Waals surface area contributed by atoms with Gasteiger partial charge < -0.3 is 20.1 Å². The van der Waals surface area contributed by atoms with E-state index in [4.69, 9.17) is 33.9 Å². The van der Waals surface area contributed by atoms with E-state index in [1.165, 1.54) is 0 Å². The summed E-state index contributed by atoms with van der Waals surface area (Å²) in [6.45, 7) is 4.42. The van der Waals surface area contributed by atoms with Gasteiger partial charge in [-0.1, -0.05) is 0 Å². The molecule has 0 amide bonds. The fourth-order valence-corrected chi connectivity index (χ4v) is 8.16. The first-order valence-electron chi connectivity index (χ1n) is 9.13. The SMILES string of the molecule is CC1(NC(=S)OCCCCOC(=S)NC2(C)CCS(=O)(=O)C2)CCS(=O)(=O)C1. The average Bonchev–Trinajstić information content (AvgIpc) is 2.96. The van der Waals surface area contributed by atoms with Crippen molar-refractivity contribution in [2.75, 3.05) is 36.2 Å². The van der Waals surface area contributed by atoms with Crippen molar-refractivity contribution in [1.29, 1.82) is 0 Å². The second kappa shape index (κ2) is 8.97. The zero-order chi connectivity index (χ0) is 21.1. The predicted molar refractivity (Wildman–Crippen MR) is 116 cm³/mol. The maximum Gasteiger partial charge on any atom is 0.257 e. The highest BCUT2D eigenvalue weighted by Gasteiger charge is 2.40. The van der Waals surface area contributed by atoms with E-state index in [1.807, 2.05) is 13.8 Å². The van der Waals surface area contributed by atoms with Gasteiger partial charge in [0.2, 0.25) is 0 Å². The van der Waals surface area contributed by atoms with Crippen molar-refractivity contribution in [2.45, 2.75) is 50.6 Å². The molecule has 8 nitrogen and oxygen atoms in total. The summed E-state index contributed by atoms with van der Waals surface area (Å²) < 4.78 is 57.3. The minimum absolute atomic E-state index is 0.0575. The summed E-state index contributed by atoms with van der Waals surface area (Å²) in [7, 11) is -6.01. The van der Waals surface area contributed by atoms with Crippen LogP contribution < -0.4 is 10.6 Å². The second-order valence-corrected chi connectivity index (χ2v) is 13.1. The van der Waals surface area contributed by atoms with Gasteiger partial charge in [-0.15, -0.1) is 0 Å². The second-order valence-electron chi connectivity index (χ2n) is 8.03. The summed E-state index contributed by atoms with van der Waals surface area (Å²) in [4.78, 5) is 0. The van der Waals surface area contributed by atoms with E-state index in [9.17, 15) is 16.8 Å². The fourth-order valence-electron chi connectivity index (χ4n) is 3.32. The Bertz CT molecular complexity index is 745. The lowest BCUT2D eigenvalue weighted by atomic mass is 10.0. The van der Waals surface area contributed by atoms with Crippen LogP contribution in [0.1, 0.15) is 39.5 Å². The van der Waals surface area contributed by atoms with Crippen LogP contribution >= 0.6 is 24.4 Å². The van der Waals surface area contributed by atoms with Crippen molar-refractivity contribution in [3.63, 3.8) is 0 Å². The average molecular weight is 473 g/mol. The zero-order valence-electron chi connectivity index (χ0n) is 16.2. The molecular formula is C16H28N2O6S4. The first-order chi connectivity index (χ1) is 12.8. The lowest BCUT2D eigenvalue weighted by molar-refractivity contribution is 0.238. The van der Waals surface area contributed by atoms with E-state index in [2.05, 4.69) is 10.6 Å². The molecule has 2 atom stereocenters. The molecule has 2 unspecified atom stereocenters. The molecule has 0 aromatic carbocycles. The third kappa shape index (κ3) is 7.60. The van der Waals surface area contributed by atoms with E-state index >= 15 is 0 Å². The minimum Gasteiger partial charge on any atom is -0.471 e. The van der Waals surface area contributed by atoms with Gasteiger partial charge in [-0.25, -0.2) is 16.8 Å². The quantitative estimate of drug-likeness (QED) is 0.406. The van der Waals surface area contributed by atoms with Crippen LogP contribution in [0.15, 0.2) is 0 Å². The molecule has 0 spiro atoms. The molecule has 0 aromatic rings. The van der Waals surface area contributed by atoms with Gasteiger partial charge in [0.1, 0.15) is 0 Å². The highest BCUT2D eigenvalue weighted by Crippen LogP contribution is 2.23. The van der Waals surface area contributed by atoms with Crippen LogP contribution in [0, 0.1) is 0 Å². The molecule has 162 valence electrons. The first kappa shape index (κ1) is 23.6. The molecule has 2 heterocycles. The third-order valence-corrected chi connectivity index (χ3v) is 9.07. The van der Waals surface area contributed by atoms with Crippen molar-refractivity contribution in [3.8, 4) is 0 Å². The van der Waals surface area contributed by atoms with E-state index in [-0.39, 0.29) is 33.4 Å². The summed E-state index contributed by atoms with van der Waals surface area (Å²) in [6.07, 6.45) is 2.39. The molecule has 0 aliphatic carbocycles. The highest BCUT2D eigenvalue weighted by molar-refractivity contribution is 7.92. The molecule has 0 radical (unpaired) electrons. The van der Waals surface area contributed by atoms with E-state index < -0.39 is 30.8 Å². The number of unbranched alkanes of at least 4 members (excludes halogenated alkanes) is 1. The molecule has 2 fully saturated rings. The molecule has 28 heavy (non-hydrogen) atoms. The van der Waals surface area contributed by atoms with Crippen LogP contribution in [0.25, 0.3) is 0 Å². The molecule has 2 aliphatic rings. The van der Waals surface area contributed by atoms with Crippen LogP contribution in [0.5, 0.6) is 0 Å². The molecule has 2 saturated heterocycles. The normalized spacial score (nSPS) is 30.5. The van der Waals surface area contributed by atoms with Crippen LogP contribution in [0.3, 0.4) is 0 Å². The number of sulfone groups is 2. The topological polar surface area (TPSA) is 111 Å². The summed E-state index contributed by atoms with van der Waals surface area (Å²) >= 11 is 10.3. The maximum atomic E-state index is 11.6. The fraction of sp³-hybridized carbons (Fsp3) is 0.875. The van der Waals surface area contributed by atoms with Gasteiger partial charge in [0.25, 0.3) is 10.3 Å². The summed E-state index contributed by atoms with van der Waals surface area (Å²) in [6, 6.07) is 0. The molecule has 12 heteroatoms. The van der Waals surface area contributed by atoms with Crippen LogP contribution in [-0.4, -0.2) is 74.5 Å². The third-order valence-electron chi connectivity index (χ3n) is 4.82. The van der Waals surface area contributed by atoms with Gasteiger partial charge in [0.15, 0.2) is 19.7 Å². The monoisotopic (exact) mass is 472 g/mol. The van der Waals surface area contributed by atoms with Gasteiger partial charge >= 0.3 is 0 Å². The van der Waals surface area contributed by atoms with Crippen LogP contribution in [0.4, 0.5) is 0 Å². The highest BCUT2D eigenvalue weighted by atomic mass is 32.2. The van der Waals surface area contributed by atoms with Crippen molar-refractivity contribution in [3.05, 3.63) is 0 Å².